The molecule has 1 saturated heterocycles. The number of nitro groups is 1. The molecular formula is C15H20ClN3O4S2. The number of hydrogen-bond donors (Lipinski definition) is 1. The smallest absolute Gasteiger partial charge is 0.271 e. The Balaban J connectivity index is 2.23. The first kappa shape index (κ1) is 19.9. The van der Waals surface area contributed by atoms with Gasteiger partial charge in [0.25, 0.3) is 5.69 Å². The molecule has 2 rings (SSSR count). The molecule has 1 atom stereocenters. The number of anilines is 1. The Hall–Kier alpha value is -1.45. The monoisotopic (exact) mass is 405 g/mol. The molecule has 0 unspecified atom stereocenters. The van der Waals surface area contributed by atoms with E-state index in [4.69, 9.17) is 23.8 Å². The number of thiocarbonyl (C=S) groups is 1. The zero-order valence-corrected chi connectivity index (χ0v) is 16.3. The summed E-state index contributed by atoms with van der Waals surface area (Å²) in [4.78, 5) is 12.3. The van der Waals surface area contributed by atoms with E-state index < -0.39 is 14.8 Å². The van der Waals surface area contributed by atoms with Gasteiger partial charge in [-0.1, -0.05) is 25.4 Å². The zero-order chi connectivity index (χ0) is 18.8. The Kier molecular flexibility index (Phi) is 6.23. The van der Waals surface area contributed by atoms with Gasteiger partial charge in [-0.3, -0.25) is 10.1 Å². The Morgan fingerprint density at radius 1 is 1.52 bits per heavy atom. The summed E-state index contributed by atoms with van der Waals surface area (Å²) in [6.45, 7) is 4.61. The second kappa shape index (κ2) is 7.84. The van der Waals surface area contributed by atoms with Gasteiger partial charge in [0.1, 0.15) is 0 Å². The number of hydrogen-bond acceptors (Lipinski definition) is 5. The minimum Gasteiger partial charge on any atom is -0.345 e. The number of halogens is 1. The standard InChI is InChI=1S/C15H20ClN3O4S2/c1-10(2)8-18(12-5-6-25(22,23)9-12)15(24)17-14-7-11(19(20)21)3-4-13(14)16/h3-4,7,10,12H,5-6,8-9H2,1-2H3,(H,17,24)/t12-/m0/s1. The van der Waals surface area contributed by atoms with Crippen LogP contribution in [0.1, 0.15) is 20.3 Å². The van der Waals surface area contributed by atoms with Crippen molar-refractivity contribution < 1.29 is 13.3 Å². The molecule has 25 heavy (non-hydrogen) atoms. The molecule has 1 aromatic carbocycles. The third kappa shape index (κ3) is 5.26. The summed E-state index contributed by atoms with van der Waals surface area (Å²) in [5.74, 6) is 0.472. The highest BCUT2D eigenvalue weighted by Crippen LogP contribution is 2.28. The van der Waals surface area contributed by atoms with Gasteiger partial charge in [0, 0.05) is 24.7 Å². The van der Waals surface area contributed by atoms with Gasteiger partial charge in [-0.05, 0) is 30.6 Å². The normalized spacial score (nSPS) is 19.0. The van der Waals surface area contributed by atoms with Crippen molar-refractivity contribution >= 4 is 50.1 Å². The number of non-ortho nitro benzene ring substituents is 1. The van der Waals surface area contributed by atoms with Crippen molar-refractivity contribution in [2.75, 3.05) is 23.4 Å². The first-order chi connectivity index (χ1) is 11.6. The summed E-state index contributed by atoms with van der Waals surface area (Å²) in [5, 5.41) is 14.5. The van der Waals surface area contributed by atoms with Crippen LogP contribution in [0.25, 0.3) is 0 Å². The highest BCUT2D eigenvalue weighted by atomic mass is 35.5. The Morgan fingerprint density at radius 2 is 2.20 bits per heavy atom. The van der Waals surface area contributed by atoms with E-state index in [2.05, 4.69) is 5.32 Å². The average Bonchev–Trinajstić information content (AvgIpc) is 2.86. The number of nitrogens with zero attached hydrogens (tertiary/aromatic N) is 2. The average molecular weight is 406 g/mol. The van der Waals surface area contributed by atoms with Crippen LogP contribution >= 0.6 is 23.8 Å². The third-order valence-electron chi connectivity index (χ3n) is 3.87. The molecular weight excluding hydrogens is 386 g/mol. The van der Waals surface area contributed by atoms with E-state index in [0.717, 1.165) is 0 Å². The van der Waals surface area contributed by atoms with E-state index in [9.17, 15) is 18.5 Å². The van der Waals surface area contributed by atoms with Crippen LogP contribution in [0.2, 0.25) is 5.02 Å². The van der Waals surface area contributed by atoms with E-state index in [1.54, 1.807) is 0 Å². The molecule has 0 saturated carbocycles. The van der Waals surface area contributed by atoms with Gasteiger partial charge in [0.2, 0.25) is 0 Å². The van der Waals surface area contributed by atoms with Gasteiger partial charge in [0.15, 0.2) is 14.9 Å². The first-order valence-corrected chi connectivity index (χ1v) is 10.4. The maximum atomic E-state index is 11.8. The largest absolute Gasteiger partial charge is 0.345 e. The highest BCUT2D eigenvalue weighted by molar-refractivity contribution is 7.91. The minimum atomic E-state index is -3.05. The van der Waals surface area contributed by atoms with E-state index in [1.165, 1.54) is 18.2 Å². The van der Waals surface area contributed by atoms with Crippen molar-refractivity contribution in [3.63, 3.8) is 0 Å². The Labute approximate surface area is 157 Å². The fourth-order valence-electron chi connectivity index (χ4n) is 2.72. The molecule has 10 heteroatoms. The van der Waals surface area contributed by atoms with Gasteiger partial charge in [-0.2, -0.15) is 0 Å². The zero-order valence-electron chi connectivity index (χ0n) is 13.9. The van der Waals surface area contributed by atoms with Crippen LogP contribution in [0.5, 0.6) is 0 Å². The SMILES string of the molecule is CC(C)CN(C(=S)Nc1cc([N+](=O)[O-])ccc1Cl)[C@H]1CCS(=O)(=O)C1. The molecule has 1 aliphatic heterocycles. The predicted octanol–water partition coefficient (Wildman–Crippen LogP) is 3.09. The molecule has 0 amide bonds. The van der Waals surface area contributed by atoms with Crippen LogP contribution in [0.4, 0.5) is 11.4 Å². The third-order valence-corrected chi connectivity index (χ3v) is 6.29. The second-order valence-electron chi connectivity index (χ2n) is 6.45. The number of sulfone groups is 1. The fourth-order valence-corrected chi connectivity index (χ4v) is 4.95. The van der Waals surface area contributed by atoms with Crippen molar-refractivity contribution in [2.24, 2.45) is 5.92 Å². The summed E-state index contributed by atoms with van der Waals surface area (Å²) >= 11 is 11.5. The Morgan fingerprint density at radius 3 is 2.72 bits per heavy atom. The second-order valence-corrected chi connectivity index (χ2v) is 9.48. The van der Waals surface area contributed by atoms with E-state index in [0.29, 0.717) is 28.8 Å². The lowest BCUT2D eigenvalue weighted by Gasteiger charge is -2.32. The van der Waals surface area contributed by atoms with Crippen LogP contribution in [0.3, 0.4) is 0 Å². The molecule has 1 N–H and O–H groups in total. The molecule has 0 aromatic heterocycles. The molecule has 0 bridgehead atoms. The summed E-state index contributed by atoms with van der Waals surface area (Å²) in [7, 11) is -3.05. The molecule has 1 heterocycles. The van der Waals surface area contributed by atoms with Crippen molar-refractivity contribution in [1.29, 1.82) is 0 Å². The van der Waals surface area contributed by atoms with Crippen LogP contribution in [0.15, 0.2) is 18.2 Å². The lowest BCUT2D eigenvalue weighted by Crippen LogP contribution is -2.45. The topological polar surface area (TPSA) is 92.5 Å². The molecule has 1 aliphatic rings. The van der Waals surface area contributed by atoms with Gasteiger partial charge in [0.05, 0.1) is 27.1 Å². The molecule has 0 radical (unpaired) electrons. The summed E-state index contributed by atoms with van der Waals surface area (Å²) in [5.41, 5.74) is 0.226. The predicted molar refractivity (Wildman–Crippen MR) is 103 cm³/mol. The van der Waals surface area contributed by atoms with Crippen molar-refractivity contribution in [2.45, 2.75) is 26.3 Å². The van der Waals surface area contributed by atoms with Gasteiger partial charge < -0.3 is 10.2 Å². The lowest BCUT2D eigenvalue weighted by molar-refractivity contribution is -0.384. The summed E-state index contributed by atoms with van der Waals surface area (Å²) < 4.78 is 23.6. The number of benzene rings is 1. The quantitative estimate of drug-likeness (QED) is 0.457. The maximum absolute atomic E-state index is 11.8. The Bertz CT molecular complexity index is 783. The molecule has 138 valence electrons. The summed E-state index contributed by atoms with van der Waals surface area (Å²) in [6.07, 6.45) is 0.513. The van der Waals surface area contributed by atoms with Gasteiger partial charge in [-0.15, -0.1) is 0 Å². The van der Waals surface area contributed by atoms with E-state index >= 15 is 0 Å². The summed E-state index contributed by atoms with van der Waals surface area (Å²) in [6, 6.07) is 3.85. The van der Waals surface area contributed by atoms with Crippen molar-refractivity contribution in [3.8, 4) is 0 Å². The molecule has 1 aromatic rings. The maximum Gasteiger partial charge on any atom is 0.271 e. The van der Waals surface area contributed by atoms with Crippen LogP contribution in [-0.4, -0.2) is 47.4 Å². The molecule has 0 spiro atoms. The minimum absolute atomic E-state index is 0.0597. The highest BCUT2D eigenvalue weighted by Gasteiger charge is 2.33. The molecule has 0 aliphatic carbocycles. The van der Waals surface area contributed by atoms with Crippen LogP contribution in [0, 0.1) is 16.0 Å². The lowest BCUT2D eigenvalue weighted by atomic mass is 10.1. The van der Waals surface area contributed by atoms with Crippen LogP contribution in [-0.2, 0) is 9.84 Å². The first-order valence-electron chi connectivity index (χ1n) is 7.81. The fraction of sp³-hybridized carbons (Fsp3) is 0.533. The van der Waals surface area contributed by atoms with Crippen molar-refractivity contribution in [3.05, 3.63) is 33.3 Å². The van der Waals surface area contributed by atoms with E-state index in [-0.39, 0.29) is 29.2 Å². The molecule has 7 nitrogen and oxygen atoms in total. The number of nitro benzene ring substituents is 1. The molecule has 1 fully saturated rings. The van der Waals surface area contributed by atoms with Gasteiger partial charge >= 0.3 is 0 Å². The van der Waals surface area contributed by atoms with E-state index in [1.807, 2.05) is 18.7 Å². The number of nitrogens with one attached hydrogen (secondary N) is 1. The van der Waals surface area contributed by atoms with Crippen molar-refractivity contribution in [1.82, 2.24) is 4.90 Å². The van der Waals surface area contributed by atoms with Gasteiger partial charge in [-0.25, -0.2) is 8.42 Å². The van der Waals surface area contributed by atoms with Crippen LogP contribution < -0.4 is 5.32 Å². The number of rotatable bonds is 5.